The van der Waals surface area contributed by atoms with E-state index in [4.69, 9.17) is 0 Å². The summed E-state index contributed by atoms with van der Waals surface area (Å²) in [4.78, 5) is 16.9. The maximum Gasteiger partial charge on any atom is 0.271 e. The van der Waals surface area contributed by atoms with Crippen molar-refractivity contribution in [3.05, 3.63) is 28.3 Å². The summed E-state index contributed by atoms with van der Waals surface area (Å²) in [6.07, 6.45) is 2.01. The largest absolute Gasteiger partial charge is 0.394 e. The fourth-order valence-corrected chi connectivity index (χ4v) is 3.46. The fraction of sp³-hybridized carbons (Fsp3) is 0.417. The molecule has 19 heavy (non-hydrogen) atoms. The van der Waals surface area contributed by atoms with Gasteiger partial charge in [-0.15, -0.1) is 0 Å². The summed E-state index contributed by atoms with van der Waals surface area (Å²) in [6, 6.07) is 4.85. The van der Waals surface area contributed by atoms with Gasteiger partial charge in [-0.2, -0.15) is 0 Å². The Labute approximate surface area is 113 Å². The van der Waals surface area contributed by atoms with Gasteiger partial charge in [0.1, 0.15) is 0 Å². The number of rotatable bonds is 3. The van der Waals surface area contributed by atoms with Gasteiger partial charge in [0, 0.05) is 18.7 Å². The number of nitrogens with zero attached hydrogens (tertiary/aromatic N) is 3. The van der Waals surface area contributed by atoms with Crippen LogP contribution in [0.2, 0.25) is 0 Å². The van der Waals surface area contributed by atoms with Crippen LogP contribution in [0.25, 0.3) is 10.2 Å². The minimum Gasteiger partial charge on any atom is -0.394 e. The zero-order valence-corrected chi connectivity index (χ0v) is 11.0. The van der Waals surface area contributed by atoms with Crippen molar-refractivity contribution in [1.82, 2.24) is 4.98 Å². The fourth-order valence-electron chi connectivity index (χ4n) is 2.42. The molecule has 1 aliphatic rings. The summed E-state index contributed by atoms with van der Waals surface area (Å²) >= 11 is 1.52. The highest BCUT2D eigenvalue weighted by Gasteiger charge is 2.26. The van der Waals surface area contributed by atoms with Crippen molar-refractivity contribution in [3.8, 4) is 0 Å². The van der Waals surface area contributed by atoms with Crippen LogP contribution < -0.4 is 4.90 Å². The third kappa shape index (κ3) is 2.15. The van der Waals surface area contributed by atoms with Crippen molar-refractivity contribution >= 4 is 32.4 Å². The summed E-state index contributed by atoms with van der Waals surface area (Å²) in [5, 5.41) is 20.9. The minimum atomic E-state index is -0.412. The van der Waals surface area contributed by atoms with Crippen molar-refractivity contribution in [2.45, 2.75) is 18.9 Å². The van der Waals surface area contributed by atoms with Gasteiger partial charge in [-0.05, 0) is 18.9 Å². The average molecular weight is 279 g/mol. The van der Waals surface area contributed by atoms with Crippen LogP contribution in [0, 0.1) is 10.1 Å². The Balaban J connectivity index is 1.99. The molecule has 0 aliphatic carbocycles. The molecule has 3 rings (SSSR count). The van der Waals surface area contributed by atoms with Gasteiger partial charge in [-0.3, -0.25) is 10.1 Å². The van der Waals surface area contributed by atoms with Gasteiger partial charge < -0.3 is 10.0 Å². The quantitative estimate of drug-likeness (QED) is 0.688. The Kier molecular flexibility index (Phi) is 3.08. The Bertz CT molecular complexity index is 628. The molecule has 0 radical (unpaired) electrons. The zero-order chi connectivity index (χ0) is 13.4. The van der Waals surface area contributed by atoms with Crippen molar-refractivity contribution in [2.24, 2.45) is 0 Å². The molecule has 1 atom stereocenters. The van der Waals surface area contributed by atoms with Crippen molar-refractivity contribution in [2.75, 3.05) is 18.1 Å². The van der Waals surface area contributed by atoms with Gasteiger partial charge in [0.25, 0.3) is 5.69 Å². The van der Waals surface area contributed by atoms with Crippen LogP contribution in [0.3, 0.4) is 0 Å². The molecule has 0 saturated carbocycles. The van der Waals surface area contributed by atoms with E-state index in [-0.39, 0.29) is 18.3 Å². The van der Waals surface area contributed by atoms with Crippen molar-refractivity contribution in [3.63, 3.8) is 0 Å². The summed E-state index contributed by atoms with van der Waals surface area (Å²) < 4.78 is 0.934. The molecule has 1 N–H and O–H groups in total. The maximum absolute atomic E-state index is 10.7. The van der Waals surface area contributed by atoms with E-state index in [1.165, 1.54) is 23.5 Å². The van der Waals surface area contributed by atoms with Crippen molar-refractivity contribution in [1.29, 1.82) is 0 Å². The number of benzene rings is 1. The second kappa shape index (κ2) is 4.75. The first-order valence-corrected chi connectivity index (χ1v) is 6.93. The molecule has 1 saturated heterocycles. The highest BCUT2D eigenvalue weighted by molar-refractivity contribution is 7.22. The molecule has 7 heteroatoms. The van der Waals surface area contributed by atoms with Crippen molar-refractivity contribution < 1.29 is 10.0 Å². The molecule has 0 amide bonds. The van der Waals surface area contributed by atoms with E-state index in [2.05, 4.69) is 9.88 Å². The van der Waals surface area contributed by atoms with Gasteiger partial charge >= 0.3 is 0 Å². The zero-order valence-electron chi connectivity index (χ0n) is 10.2. The Morgan fingerprint density at radius 3 is 3.16 bits per heavy atom. The molecule has 1 aliphatic heterocycles. The lowest BCUT2D eigenvalue weighted by Crippen LogP contribution is -2.31. The molecule has 0 bridgehead atoms. The van der Waals surface area contributed by atoms with E-state index in [1.807, 2.05) is 0 Å². The Morgan fingerprint density at radius 2 is 2.42 bits per heavy atom. The predicted octanol–water partition coefficient (Wildman–Crippen LogP) is 2.17. The smallest absolute Gasteiger partial charge is 0.271 e. The molecule has 1 fully saturated rings. The molecule has 0 unspecified atom stereocenters. The molecule has 2 aromatic rings. The number of aromatic nitrogens is 1. The third-order valence-corrected chi connectivity index (χ3v) is 4.48. The van der Waals surface area contributed by atoms with Crippen LogP contribution in [0.5, 0.6) is 0 Å². The van der Waals surface area contributed by atoms with E-state index in [0.29, 0.717) is 5.52 Å². The highest BCUT2D eigenvalue weighted by atomic mass is 32.1. The van der Waals surface area contributed by atoms with Crippen LogP contribution in [0.15, 0.2) is 18.2 Å². The van der Waals surface area contributed by atoms with Crippen LogP contribution in [-0.2, 0) is 0 Å². The van der Waals surface area contributed by atoms with Gasteiger partial charge in [-0.25, -0.2) is 4.98 Å². The van der Waals surface area contributed by atoms with Gasteiger partial charge in [0.15, 0.2) is 5.13 Å². The number of non-ortho nitro benzene ring substituents is 1. The number of nitro groups is 1. The number of aliphatic hydroxyl groups excluding tert-OH is 1. The molecular formula is C12H13N3O3S. The molecule has 1 aromatic heterocycles. The monoisotopic (exact) mass is 279 g/mol. The molecule has 0 spiro atoms. The van der Waals surface area contributed by atoms with Crippen LogP contribution in [0.1, 0.15) is 12.8 Å². The van der Waals surface area contributed by atoms with E-state index in [0.717, 1.165) is 29.2 Å². The lowest BCUT2D eigenvalue weighted by Gasteiger charge is -2.21. The number of nitro benzene ring substituents is 1. The Morgan fingerprint density at radius 1 is 1.58 bits per heavy atom. The first-order chi connectivity index (χ1) is 9.19. The highest BCUT2D eigenvalue weighted by Crippen LogP contribution is 2.34. The summed E-state index contributed by atoms with van der Waals surface area (Å²) in [5.74, 6) is 0. The normalized spacial score (nSPS) is 19.2. The lowest BCUT2D eigenvalue weighted by atomic mass is 10.2. The average Bonchev–Trinajstić information content (AvgIpc) is 3.03. The molecule has 2 heterocycles. The summed E-state index contributed by atoms with van der Waals surface area (Å²) in [7, 11) is 0. The number of fused-ring (bicyclic) bond motifs is 1. The maximum atomic E-state index is 10.7. The number of thiazole rings is 1. The number of hydrogen-bond donors (Lipinski definition) is 1. The SMILES string of the molecule is O=[N+]([O-])c1ccc2sc(N3CCC[C@@H]3CO)nc2c1. The van der Waals surface area contributed by atoms with Gasteiger partial charge in [0.05, 0.1) is 27.8 Å². The standard InChI is InChI=1S/C12H13N3O3S/c16-7-9-2-1-5-14(9)12-13-10-6-8(15(17)18)3-4-11(10)19-12/h3-4,6,9,16H,1-2,5,7H2/t9-/m1/s1. The van der Waals surface area contributed by atoms with Gasteiger partial charge in [0.2, 0.25) is 0 Å². The molecule has 1 aromatic carbocycles. The third-order valence-electron chi connectivity index (χ3n) is 3.40. The first kappa shape index (κ1) is 12.3. The topological polar surface area (TPSA) is 79.5 Å². The molecular weight excluding hydrogens is 266 g/mol. The van der Waals surface area contributed by atoms with Crippen LogP contribution >= 0.6 is 11.3 Å². The van der Waals surface area contributed by atoms with E-state index in [1.54, 1.807) is 6.07 Å². The summed E-state index contributed by atoms with van der Waals surface area (Å²) in [6.45, 7) is 1.00. The Hall–Kier alpha value is -1.73. The van der Waals surface area contributed by atoms with Crippen LogP contribution in [-0.4, -0.2) is 34.2 Å². The second-order valence-electron chi connectivity index (χ2n) is 4.58. The minimum absolute atomic E-state index is 0.0597. The van der Waals surface area contributed by atoms with E-state index in [9.17, 15) is 15.2 Å². The lowest BCUT2D eigenvalue weighted by molar-refractivity contribution is -0.384. The number of aliphatic hydroxyl groups is 1. The summed E-state index contributed by atoms with van der Waals surface area (Å²) in [5.41, 5.74) is 0.710. The molecule has 100 valence electrons. The first-order valence-electron chi connectivity index (χ1n) is 6.11. The molecule has 6 nitrogen and oxygen atoms in total. The van der Waals surface area contributed by atoms with Gasteiger partial charge in [-0.1, -0.05) is 11.3 Å². The van der Waals surface area contributed by atoms with Crippen LogP contribution in [0.4, 0.5) is 10.8 Å². The number of anilines is 1. The number of hydrogen-bond acceptors (Lipinski definition) is 6. The predicted molar refractivity (Wildman–Crippen MR) is 73.7 cm³/mol. The second-order valence-corrected chi connectivity index (χ2v) is 5.59. The van der Waals surface area contributed by atoms with E-state index >= 15 is 0 Å². The van der Waals surface area contributed by atoms with E-state index < -0.39 is 4.92 Å².